The Morgan fingerprint density at radius 1 is 1.20 bits per heavy atom. The summed E-state index contributed by atoms with van der Waals surface area (Å²) >= 11 is 0. The van der Waals surface area contributed by atoms with Gasteiger partial charge >= 0.3 is 0 Å². The molecule has 0 radical (unpaired) electrons. The number of carbonyl (C=O) groups is 2. The zero-order chi connectivity index (χ0) is 16.9. The number of rotatable bonds is 4. The molecule has 1 atom stereocenters. The first-order valence-electron chi connectivity index (χ1n) is 8.83. The molecule has 1 N–H and O–H groups in total. The number of piperidine rings is 1. The molecule has 2 saturated heterocycles. The number of benzene rings is 1. The summed E-state index contributed by atoms with van der Waals surface area (Å²) in [5.74, 6) is 0.413. The molecule has 2 aliphatic rings. The van der Waals surface area contributed by atoms with E-state index in [1.807, 2.05) is 36.1 Å². The Morgan fingerprint density at radius 2 is 1.88 bits per heavy atom. The summed E-state index contributed by atoms with van der Waals surface area (Å²) in [7, 11) is 0. The van der Waals surface area contributed by atoms with Gasteiger partial charge in [-0.2, -0.15) is 0 Å². The highest BCUT2D eigenvalue weighted by atomic mass is 35.5. The molecule has 138 valence electrons. The molecule has 0 aliphatic carbocycles. The van der Waals surface area contributed by atoms with Crippen molar-refractivity contribution in [3.63, 3.8) is 0 Å². The van der Waals surface area contributed by atoms with Gasteiger partial charge in [-0.3, -0.25) is 9.59 Å². The zero-order valence-electron chi connectivity index (χ0n) is 14.7. The number of amides is 1. The fourth-order valence-electron chi connectivity index (χ4n) is 3.44. The second-order valence-corrected chi connectivity index (χ2v) is 6.82. The third-order valence-electron chi connectivity index (χ3n) is 4.97. The highest BCUT2D eigenvalue weighted by molar-refractivity contribution is 5.98. The van der Waals surface area contributed by atoms with Gasteiger partial charge < -0.3 is 15.0 Å². The highest BCUT2D eigenvalue weighted by Crippen LogP contribution is 2.22. The first-order valence-corrected chi connectivity index (χ1v) is 8.83. The summed E-state index contributed by atoms with van der Waals surface area (Å²) in [5.41, 5.74) is 1.95. The van der Waals surface area contributed by atoms with E-state index in [-0.39, 0.29) is 36.1 Å². The van der Waals surface area contributed by atoms with E-state index in [1.54, 1.807) is 0 Å². The normalized spacial score (nSPS) is 21.5. The predicted octanol–water partition coefficient (Wildman–Crippen LogP) is 2.22. The molecule has 0 saturated carbocycles. The van der Waals surface area contributed by atoms with Crippen LogP contribution < -0.4 is 5.32 Å². The Kier molecular flexibility index (Phi) is 7.41. The van der Waals surface area contributed by atoms with Crippen molar-refractivity contribution in [1.82, 2.24) is 10.2 Å². The van der Waals surface area contributed by atoms with Crippen LogP contribution in [0, 0.1) is 12.8 Å². The van der Waals surface area contributed by atoms with E-state index in [9.17, 15) is 9.59 Å². The zero-order valence-corrected chi connectivity index (χ0v) is 15.5. The van der Waals surface area contributed by atoms with E-state index in [0.717, 1.165) is 37.1 Å². The summed E-state index contributed by atoms with van der Waals surface area (Å²) in [6, 6.07) is 7.89. The molecule has 3 rings (SSSR count). The number of carbonyl (C=O) groups excluding carboxylic acids is 2. The standard InChI is InChI=1S/C19H26N2O3.ClH/c1-14-2-4-15(5-3-14)19(23)16-6-9-21(10-7-16)18(22)12-17-13-24-11-8-20-17;/h2-5,16-17,20H,6-13H2,1H3;1H. The first kappa shape index (κ1) is 19.9. The van der Waals surface area contributed by atoms with Crippen molar-refractivity contribution in [3.8, 4) is 0 Å². The molecule has 0 bridgehead atoms. The van der Waals surface area contributed by atoms with Crippen molar-refractivity contribution in [2.24, 2.45) is 5.92 Å². The maximum absolute atomic E-state index is 12.6. The summed E-state index contributed by atoms with van der Waals surface area (Å²) in [5, 5.41) is 3.32. The minimum Gasteiger partial charge on any atom is -0.378 e. The second-order valence-electron chi connectivity index (χ2n) is 6.82. The number of aryl methyl sites for hydroxylation is 1. The summed E-state index contributed by atoms with van der Waals surface area (Å²) in [6.45, 7) is 5.50. The van der Waals surface area contributed by atoms with Crippen molar-refractivity contribution in [3.05, 3.63) is 35.4 Å². The molecule has 5 nitrogen and oxygen atoms in total. The first-order chi connectivity index (χ1) is 11.6. The second kappa shape index (κ2) is 9.32. The van der Waals surface area contributed by atoms with Gasteiger partial charge in [0.05, 0.1) is 13.2 Å². The summed E-state index contributed by atoms with van der Waals surface area (Å²) < 4.78 is 5.40. The van der Waals surface area contributed by atoms with Crippen molar-refractivity contribution < 1.29 is 14.3 Å². The van der Waals surface area contributed by atoms with E-state index in [1.165, 1.54) is 0 Å². The lowest BCUT2D eigenvalue weighted by molar-refractivity contribution is -0.133. The average Bonchev–Trinajstić information content (AvgIpc) is 2.63. The van der Waals surface area contributed by atoms with E-state index in [0.29, 0.717) is 26.1 Å². The summed E-state index contributed by atoms with van der Waals surface area (Å²) in [6.07, 6.45) is 2.00. The molecular formula is C19H27ClN2O3. The van der Waals surface area contributed by atoms with E-state index >= 15 is 0 Å². The number of morpholine rings is 1. The lowest BCUT2D eigenvalue weighted by Gasteiger charge is -2.33. The van der Waals surface area contributed by atoms with E-state index in [2.05, 4.69) is 5.32 Å². The van der Waals surface area contributed by atoms with Crippen LogP contribution in [0.3, 0.4) is 0 Å². The molecule has 0 spiro atoms. The van der Waals surface area contributed by atoms with Crippen molar-refractivity contribution in [2.75, 3.05) is 32.8 Å². The van der Waals surface area contributed by atoms with Crippen LogP contribution in [0.4, 0.5) is 0 Å². The van der Waals surface area contributed by atoms with Crippen molar-refractivity contribution in [1.29, 1.82) is 0 Å². The number of hydrogen-bond acceptors (Lipinski definition) is 4. The van der Waals surface area contributed by atoms with Gasteiger partial charge in [0.15, 0.2) is 5.78 Å². The number of halogens is 1. The molecule has 2 fully saturated rings. The fourth-order valence-corrected chi connectivity index (χ4v) is 3.44. The van der Waals surface area contributed by atoms with Gasteiger partial charge in [0.1, 0.15) is 0 Å². The molecule has 1 aromatic carbocycles. The van der Waals surface area contributed by atoms with Gasteiger partial charge in [-0.05, 0) is 19.8 Å². The molecular weight excluding hydrogens is 340 g/mol. The summed E-state index contributed by atoms with van der Waals surface area (Å²) in [4.78, 5) is 26.9. The van der Waals surface area contributed by atoms with Crippen molar-refractivity contribution >= 4 is 24.1 Å². The largest absolute Gasteiger partial charge is 0.378 e. The number of ketones is 1. The van der Waals surface area contributed by atoms with Crippen LogP contribution in [-0.2, 0) is 9.53 Å². The number of nitrogens with zero attached hydrogens (tertiary/aromatic N) is 1. The number of Topliss-reactive ketones (excluding diaryl/α,β-unsaturated/α-hetero) is 1. The highest BCUT2D eigenvalue weighted by Gasteiger charge is 2.29. The molecule has 0 aromatic heterocycles. The molecule has 6 heteroatoms. The topological polar surface area (TPSA) is 58.6 Å². The van der Waals surface area contributed by atoms with Crippen LogP contribution in [0.5, 0.6) is 0 Å². The molecule has 25 heavy (non-hydrogen) atoms. The number of nitrogens with one attached hydrogen (secondary N) is 1. The predicted molar refractivity (Wildman–Crippen MR) is 99.3 cm³/mol. The SMILES string of the molecule is Cc1ccc(C(=O)C2CCN(C(=O)CC3COCCN3)CC2)cc1.Cl. The average molecular weight is 367 g/mol. The van der Waals surface area contributed by atoms with Gasteiger partial charge in [-0.1, -0.05) is 29.8 Å². The number of likely N-dealkylation sites (tertiary alicyclic amines) is 1. The van der Waals surface area contributed by atoms with Gasteiger partial charge in [-0.15, -0.1) is 12.4 Å². The Labute approximate surface area is 155 Å². The molecule has 1 amide bonds. The Hall–Kier alpha value is -1.43. The molecule has 2 heterocycles. The maximum Gasteiger partial charge on any atom is 0.224 e. The quantitative estimate of drug-likeness (QED) is 0.830. The lowest BCUT2D eigenvalue weighted by Crippen LogP contribution is -2.47. The van der Waals surface area contributed by atoms with Crippen LogP contribution in [0.1, 0.15) is 35.2 Å². The smallest absolute Gasteiger partial charge is 0.224 e. The molecule has 1 aromatic rings. The lowest BCUT2D eigenvalue weighted by atomic mass is 9.88. The van der Waals surface area contributed by atoms with E-state index < -0.39 is 0 Å². The van der Waals surface area contributed by atoms with Gasteiger partial charge in [0.25, 0.3) is 0 Å². The van der Waals surface area contributed by atoms with Crippen LogP contribution in [0.25, 0.3) is 0 Å². The van der Waals surface area contributed by atoms with Crippen LogP contribution >= 0.6 is 12.4 Å². The van der Waals surface area contributed by atoms with Gasteiger partial charge in [0.2, 0.25) is 5.91 Å². The minimum atomic E-state index is 0. The fraction of sp³-hybridized carbons (Fsp3) is 0.579. The number of ether oxygens (including phenoxy) is 1. The Morgan fingerprint density at radius 3 is 2.48 bits per heavy atom. The van der Waals surface area contributed by atoms with Crippen LogP contribution in [-0.4, -0.2) is 55.5 Å². The molecule has 2 aliphatic heterocycles. The van der Waals surface area contributed by atoms with Gasteiger partial charge in [-0.25, -0.2) is 0 Å². The third-order valence-corrected chi connectivity index (χ3v) is 4.97. The Balaban J connectivity index is 0.00000225. The van der Waals surface area contributed by atoms with Crippen LogP contribution in [0.2, 0.25) is 0 Å². The monoisotopic (exact) mass is 366 g/mol. The van der Waals surface area contributed by atoms with E-state index in [4.69, 9.17) is 4.74 Å². The van der Waals surface area contributed by atoms with Crippen LogP contribution in [0.15, 0.2) is 24.3 Å². The third kappa shape index (κ3) is 5.27. The van der Waals surface area contributed by atoms with Gasteiger partial charge in [0, 0.05) is 43.6 Å². The molecule has 1 unspecified atom stereocenters. The maximum atomic E-state index is 12.6. The number of hydrogen-bond donors (Lipinski definition) is 1. The van der Waals surface area contributed by atoms with Crippen molar-refractivity contribution in [2.45, 2.75) is 32.2 Å². The minimum absolute atomic E-state index is 0. The Bertz CT molecular complexity index is 577.